The molecule has 106 valence electrons. The Balaban J connectivity index is 2.21. The van der Waals surface area contributed by atoms with Crippen LogP contribution in [0.2, 0.25) is 5.02 Å². The molecule has 0 fully saturated rings. The first-order valence-corrected chi connectivity index (χ1v) is 6.29. The maximum Gasteiger partial charge on any atom is 0.255 e. The van der Waals surface area contributed by atoms with Crippen molar-refractivity contribution in [3.63, 3.8) is 0 Å². The number of anilines is 1. The van der Waals surface area contributed by atoms with Crippen molar-refractivity contribution >= 4 is 23.2 Å². The minimum Gasteiger partial charge on any atom is -0.384 e. The van der Waals surface area contributed by atoms with Gasteiger partial charge < -0.3 is 10.4 Å². The number of pyridine rings is 1. The first kappa shape index (κ1) is 15.0. The highest BCUT2D eigenvalue weighted by Gasteiger charge is 2.10. The molecule has 0 saturated carbocycles. The van der Waals surface area contributed by atoms with Gasteiger partial charge in [0.15, 0.2) is 5.82 Å². The van der Waals surface area contributed by atoms with Crippen molar-refractivity contribution in [2.75, 3.05) is 11.9 Å². The molecule has 2 N–H and O–H groups in total. The fourth-order valence-electron chi connectivity index (χ4n) is 1.56. The van der Waals surface area contributed by atoms with Crippen LogP contribution in [-0.4, -0.2) is 22.6 Å². The van der Waals surface area contributed by atoms with Crippen LogP contribution in [-0.2, 0) is 0 Å². The summed E-state index contributed by atoms with van der Waals surface area (Å²) in [6, 6.07) is 5.86. The average molecular weight is 305 g/mol. The molecule has 6 heteroatoms. The van der Waals surface area contributed by atoms with Gasteiger partial charge in [-0.25, -0.2) is 4.39 Å². The molecule has 0 radical (unpaired) electrons. The highest BCUT2D eigenvalue weighted by atomic mass is 35.5. The molecule has 0 aliphatic carbocycles. The maximum atomic E-state index is 13.4. The molecule has 0 bridgehead atoms. The van der Waals surface area contributed by atoms with Crippen LogP contribution in [0.3, 0.4) is 0 Å². The van der Waals surface area contributed by atoms with Gasteiger partial charge in [0, 0.05) is 17.3 Å². The van der Waals surface area contributed by atoms with Crippen molar-refractivity contribution in [1.82, 2.24) is 4.98 Å². The Morgan fingerprint density at radius 2 is 2.24 bits per heavy atom. The Labute approximate surface area is 125 Å². The molecule has 1 aromatic heterocycles. The fourth-order valence-corrected chi connectivity index (χ4v) is 1.79. The van der Waals surface area contributed by atoms with E-state index in [2.05, 4.69) is 22.1 Å². The van der Waals surface area contributed by atoms with Gasteiger partial charge in [-0.15, -0.1) is 0 Å². The van der Waals surface area contributed by atoms with Crippen LogP contribution in [0.4, 0.5) is 10.1 Å². The average Bonchev–Trinajstić information content (AvgIpc) is 2.48. The summed E-state index contributed by atoms with van der Waals surface area (Å²) in [5.41, 5.74) is 0.804. The van der Waals surface area contributed by atoms with Gasteiger partial charge in [-0.05, 0) is 24.3 Å². The molecular weight excluding hydrogens is 295 g/mol. The first-order chi connectivity index (χ1) is 10.1. The number of rotatable bonds is 2. The number of hydrogen-bond acceptors (Lipinski definition) is 3. The van der Waals surface area contributed by atoms with Crippen molar-refractivity contribution in [1.29, 1.82) is 0 Å². The van der Waals surface area contributed by atoms with Crippen LogP contribution in [0.5, 0.6) is 0 Å². The number of hydrogen-bond donors (Lipinski definition) is 2. The maximum absolute atomic E-state index is 13.4. The van der Waals surface area contributed by atoms with Gasteiger partial charge in [0.25, 0.3) is 5.91 Å². The summed E-state index contributed by atoms with van der Waals surface area (Å²) in [7, 11) is 0. The summed E-state index contributed by atoms with van der Waals surface area (Å²) in [6.07, 6.45) is 2.38. The van der Waals surface area contributed by atoms with Gasteiger partial charge in [0.2, 0.25) is 0 Å². The molecular formula is C15H10ClFN2O2. The second-order valence-electron chi connectivity index (χ2n) is 3.96. The third-order valence-corrected chi connectivity index (χ3v) is 2.87. The quantitative estimate of drug-likeness (QED) is 0.838. The van der Waals surface area contributed by atoms with Crippen LogP contribution >= 0.6 is 11.6 Å². The molecule has 0 atom stereocenters. The molecule has 0 saturated heterocycles. The second-order valence-corrected chi connectivity index (χ2v) is 4.37. The standard InChI is InChI=1S/C15H10ClFN2O2/c16-12-8-11(4-3-10(12)2-1-7-20)15(21)19-14-5-6-18-9-13(14)17/h3-6,8-9,20H,7H2,(H,18,19,21). The number of amides is 1. The first-order valence-electron chi connectivity index (χ1n) is 5.92. The lowest BCUT2D eigenvalue weighted by Crippen LogP contribution is -2.13. The predicted molar refractivity (Wildman–Crippen MR) is 77.6 cm³/mol. The molecule has 2 rings (SSSR count). The predicted octanol–water partition coefficient (Wildman–Crippen LogP) is 2.47. The van der Waals surface area contributed by atoms with Gasteiger partial charge in [-0.3, -0.25) is 9.78 Å². The van der Waals surface area contributed by atoms with Crippen LogP contribution in [0, 0.1) is 17.7 Å². The molecule has 0 spiro atoms. The largest absolute Gasteiger partial charge is 0.384 e. The van der Waals surface area contributed by atoms with E-state index in [1.165, 1.54) is 24.4 Å². The van der Waals surface area contributed by atoms with Gasteiger partial charge >= 0.3 is 0 Å². The normalized spacial score (nSPS) is 9.67. The van der Waals surface area contributed by atoms with E-state index < -0.39 is 11.7 Å². The number of benzene rings is 1. The number of carbonyl (C=O) groups excluding carboxylic acids is 1. The van der Waals surface area contributed by atoms with E-state index in [0.717, 1.165) is 6.20 Å². The van der Waals surface area contributed by atoms with Crippen LogP contribution in [0.1, 0.15) is 15.9 Å². The molecule has 2 aromatic rings. The van der Waals surface area contributed by atoms with E-state index in [1.54, 1.807) is 6.07 Å². The molecule has 1 aromatic carbocycles. The van der Waals surface area contributed by atoms with Crippen molar-refractivity contribution in [2.45, 2.75) is 0 Å². The van der Waals surface area contributed by atoms with E-state index >= 15 is 0 Å². The molecule has 1 heterocycles. The minimum absolute atomic E-state index is 0.0373. The lowest BCUT2D eigenvalue weighted by molar-refractivity contribution is 0.102. The number of aliphatic hydroxyl groups excluding tert-OH is 1. The zero-order valence-corrected chi connectivity index (χ0v) is 11.5. The molecule has 4 nitrogen and oxygen atoms in total. The topological polar surface area (TPSA) is 62.2 Å². The SMILES string of the molecule is O=C(Nc1ccncc1F)c1ccc(C#CCO)c(Cl)c1. The Morgan fingerprint density at radius 1 is 1.43 bits per heavy atom. The molecule has 0 aliphatic heterocycles. The van der Waals surface area contributed by atoms with Gasteiger partial charge in [0.05, 0.1) is 16.9 Å². The van der Waals surface area contributed by atoms with Crippen LogP contribution in [0.15, 0.2) is 36.7 Å². The van der Waals surface area contributed by atoms with E-state index in [9.17, 15) is 9.18 Å². The Bertz CT molecular complexity index is 738. The van der Waals surface area contributed by atoms with Crippen molar-refractivity contribution in [2.24, 2.45) is 0 Å². The highest BCUT2D eigenvalue weighted by molar-refractivity contribution is 6.32. The second kappa shape index (κ2) is 6.84. The molecule has 1 amide bonds. The lowest BCUT2D eigenvalue weighted by Gasteiger charge is -2.06. The number of carbonyl (C=O) groups is 1. The van der Waals surface area contributed by atoms with Crippen LogP contribution in [0.25, 0.3) is 0 Å². The molecule has 21 heavy (non-hydrogen) atoms. The van der Waals surface area contributed by atoms with E-state index in [-0.39, 0.29) is 22.9 Å². The van der Waals surface area contributed by atoms with Crippen LogP contribution < -0.4 is 5.32 Å². The van der Waals surface area contributed by atoms with Gasteiger partial charge in [0.1, 0.15) is 6.61 Å². The molecule has 0 aliphatic rings. The number of halogens is 2. The smallest absolute Gasteiger partial charge is 0.255 e. The zero-order chi connectivity index (χ0) is 15.2. The summed E-state index contributed by atoms with van der Waals surface area (Å²) < 4.78 is 13.4. The van der Waals surface area contributed by atoms with Gasteiger partial charge in [-0.1, -0.05) is 23.4 Å². The van der Waals surface area contributed by atoms with Gasteiger partial charge in [-0.2, -0.15) is 0 Å². The van der Waals surface area contributed by atoms with Crippen molar-refractivity contribution < 1.29 is 14.3 Å². The van der Waals surface area contributed by atoms with E-state index in [1.807, 2.05) is 0 Å². The Morgan fingerprint density at radius 3 is 2.90 bits per heavy atom. The summed E-state index contributed by atoms with van der Waals surface area (Å²) in [5, 5.41) is 11.3. The lowest BCUT2D eigenvalue weighted by atomic mass is 10.1. The summed E-state index contributed by atoms with van der Waals surface area (Å²) >= 11 is 6.00. The Kier molecular flexibility index (Phi) is 4.88. The number of nitrogens with zero attached hydrogens (tertiary/aromatic N) is 1. The van der Waals surface area contributed by atoms with Crippen molar-refractivity contribution in [3.05, 3.63) is 58.6 Å². The number of aromatic nitrogens is 1. The third kappa shape index (κ3) is 3.78. The number of aliphatic hydroxyl groups is 1. The Hall–Kier alpha value is -2.42. The minimum atomic E-state index is -0.623. The van der Waals surface area contributed by atoms with E-state index in [4.69, 9.17) is 16.7 Å². The molecule has 0 unspecified atom stereocenters. The van der Waals surface area contributed by atoms with Crippen molar-refractivity contribution in [3.8, 4) is 11.8 Å². The number of nitrogens with one attached hydrogen (secondary N) is 1. The summed E-state index contributed by atoms with van der Waals surface area (Å²) in [5.74, 6) is 4.00. The fraction of sp³-hybridized carbons (Fsp3) is 0.0667. The third-order valence-electron chi connectivity index (χ3n) is 2.55. The highest BCUT2D eigenvalue weighted by Crippen LogP contribution is 2.19. The monoisotopic (exact) mass is 304 g/mol. The summed E-state index contributed by atoms with van der Waals surface area (Å²) in [4.78, 5) is 15.6. The van der Waals surface area contributed by atoms with E-state index in [0.29, 0.717) is 5.56 Å². The summed E-state index contributed by atoms with van der Waals surface area (Å²) in [6.45, 7) is -0.278. The zero-order valence-electron chi connectivity index (χ0n) is 10.7.